The molecule has 6 rings (SSSR count). The number of nitrogens with zero attached hydrogens (tertiary/aromatic N) is 6. The van der Waals surface area contributed by atoms with Gasteiger partial charge in [-0.25, -0.2) is 9.97 Å². The highest BCUT2D eigenvalue weighted by molar-refractivity contribution is 5.85. The van der Waals surface area contributed by atoms with Crippen molar-refractivity contribution in [3.8, 4) is 0 Å². The number of halogens is 3. The van der Waals surface area contributed by atoms with Gasteiger partial charge in [-0.15, -0.1) is 0 Å². The van der Waals surface area contributed by atoms with Crippen molar-refractivity contribution in [2.75, 3.05) is 10.6 Å². The highest BCUT2D eigenvalue weighted by Crippen LogP contribution is 2.31. The number of rotatable bonds is 6. The summed E-state index contributed by atoms with van der Waals surface area (Å²) in [6.45, 7) is 0.320. The minimum atomic E-state index is -4.37. The highest BCUT2D eigenvalue weighted by atomic mass is 19.4. The van der Waals surface area contributed by atoms with Crippen LogP contribution in [0.3, 0.4) is 0 Å². The Morgan fingerprint density at radius 3 is 2.49 bits per heavy atom. The zero-order valence-electron chi connectivity index (χ0n) is 18.7. The lowest BCUT2D eigenvalue weighted by atomic mass is 10.1. The Balaban J connectivity index is 1.37. The van der Waals surface area contributed by atoms with E-state index in [1.807, 2.05) is 35.9 Å². The normalized spacial score (nSPS) is 14.1. The van der Waals surface area contributed by atoms with Crippen LogP contribution in [0.15, 0.2) is 54.9 Å². The Bertz CT molecular complexity index is 1530. The van der Waals surface area contributed by atoms with Crippen LogP contribution in [0, 0.1) is 0 Å². The third kappa shape index (κ3) is 4.13. The van der Waals surface area contributed by atoms with Crippen molar-refractivity contribution in [3.05, 3.63) is 66.0 Å². The molecule has 0 bridgehead atoms. The molecule has 2 N–H and O–H groups in total. The summed E-state index contributed by atoms with van der Waals surface area (Å²) in [5.41, 5.74) is 3.03. The van der Waals surface area contributed by atoms with E-state index in [0.29, 0.717) is 47.0 Å². The molecule has 0 unspecified atom stereocenters. The first-order valence-corrected chi connectivity index (χ1v) is 11.2. The lowest BCUT2D eigenvalue weighted by Crippen LogP contribution is -2.10. The first-order valence-electron chi connectivity index (χ1n) is 11.2. The Labute approximate surface area is 197 Å². The largest absolute Gasteiger partial charge is 0.416 e. The van der Waals surface area contributed by atoms with Crippen molar-refractivity contribution in [3.63, 3.8) is 0 Å². The molecule has 11 heteroatoms. The number of hydrogen-bond acceptors (Lipinski definition) is 6. The van der Waals surface area contributed by atoms with Gasteiger partial charge in [-0.2, -0.15) is 23.1 Å². The number of fused-ring (bicyclic) bond motifs is 2. The molecule has 178 valence electrons. The second-order valence-corrected chi connectivity index (χ2v) is 8.66. The molecule has 0 aliphatic heterocycles. The molecule has 2 aromatic carbocycles. The Hall–Kier alpha value is -4.15. The maximum Gasteiger partial charge on any atom is 0.416 e. The molecule has 0 atom stereocenters. The number of aryl methyl sites for hydroxylation is 1. The van der Waals surface area contributed by atoms with Gasteiger partial charge in [0.15, 0.2) is 17.0 Å². The Morgan fingerprint density at radius 1 is 1.00 bits per heavy atom. The van der Waals surface area contributed by atoms with Crippen molar-refractivity contribution in [2.24, 2.45) is 7.05 Å². The molecule has 0 radical (unpaired) electrons. The summed E-state index contributed by atoms with van der Waals surface area (Å²) in [4.78, 5) is 18.5. The number of aromatic nitrogens is 6. The molecule has 0 spiro atoms. The smallest absolute Gasteiger partial charge is 0.365 e. The molecular formula is C24H21F3N8. The zero-order valence-corrected chi connectivity index (χ0v) is 18.7. The molecule has 3 aromatic heterocycles. The van der Waals surface area contributed by atoms with Gasteiger partial charge in [0.05, 0.1) is 29.5 Å². The lowest BCUT2D eigenvalue weighted by molar-refractivity contribution is -0.137. The van der Waals surface area contributed by atoms with Gasteiger partial charge in [-0.3, -0.25) is 5.32 Å². The van der Waals surface area contributed by atoms with E-state index in [1.54, 1.807) is 10.9 Å². The number of anilines is 3. The van der Waals surface area contributed by atoms with Gasteiger partial charge in [0, 0.05) is 13.1 Å². The molecule has 5 aromatic rings. The standard InChI is InChI=1S/C24H21F3N8/c1-34-18-5-3-2-4-17(18)30-23(34)33-22-31-20(29-16-10-11-16)19-21(32-22)35(13-28-19)12-14-6-8-15(9-7-14)24(25,26)27/h2-9,13,16H,10-12H2,1H3,(H2,29,30,31,32,33). The Morgan fingerprint density at radius 2 is 1.77 bits per heavy atom. The molecule has 1 fully saturated rings. The van der Waals surface area contributed by atoms with E-state index in [9.17, 15) is 13.2 Å². The fourth-order valence-corrected chi connectivity index (χ4v) is 3.99. The van der Waals surface area contributed by atoms with Crippen molar-refractivity contribution < 1.29 is 13.2 Å². The number of benzene rings is 2. The van der Waals surface area contributed by atoms with Gasteiger partial charge >= 0.3 is 6.18 Å². The first kappa shape index (κ1) is 21.4. The minimum Gasteiger partial charge on any atom is -0.365 e. The molecule has 1 aliphatic carbocycles. The van der Waals surface area contributed by atoms with E-state index in [2.05, 4.69) is 30.6 Å². The molecule has 0 amide bonds. The van der Waals surface area contributed by atoms with Crippen LogP contribution in [0.4, 0.5) is 30.9 Å². The van der Waals surface area contributed by atoms with Crippen molar-refractivity contribution >= 4 is 39.9 Å². The molecule has 0 saturated heterocycles. The third-order valence-corrected chi connectivity index (χ3v) is 6.03. The number of alkyl halides is 3. The van der Waals surface area contributed by atoms with Gasteiger partial charge in [-0.1, -0.05) is 24.3 Å². The second-order valence-electron chi connectivity index (χ2n) is 8.66. The Kier molecular flexibility index (Phi) is 4.87. The number of imidazole rings is 2. The third-order valence-electron chi connectivity index (χ3n) is 6.03. The monoisotopic (exact) mass is 478 g/mol. The lowest BCUT2D eigenvalue weighted by Gasteiger charge is -2.11. The molecule has 35 heavy (non-hydrogen) atoms. The van der Waals surface area contributed by atoms with Gasteiger partial charge in [0.1, 0.15) is 0 Å². The predicted molar refractivity (Wildman–Crippen MR) is 127 cm³/mol. The van der Waals surface area contributed by atoms with E-state index >= 15 is 0 Å². The van der Waals surface area contributed by atoms with Crippen LogP contribution in [-0.2, 0) is 19.8 Å². The minimum absolute atomic E-state index is 0.320. The molecule has 3 heterocycles. The topological polar surface area (TPSA) is 85.5 Å². The van der Waals surface area contributed by atoms with Gasteiger partial charge in [0.25, 0.3) is 0 Å². The number of nitrogens with one attached hydrogen (secondary N) is 2. The summed E-state index contributed by atoms with van der Waals surface area (Å²) in [7, 11) is 1.91. The maximum atomic E-state index is 12.9. The summed E-state index contributed by atoms with van der Waals surface area (Å²) in [5, 5.41) is 6.62. The van der Waals surface area contributed by atoms with Gasteiger partial charge < -0.3 is 14.5 Å². The van der Waals surface area contributed by atoms with Crippen molar-refractivity contribution in [1.82, 2.24) is 29.1 Å². The fourth-order valence-electron chi connectivity index (χ4n) is 3.99. The summed E-state index contributed by atoms with van der Waals surface area (Å²) in [6.07, 6.45) is -0.613. The summed E-state index contributed by atoms with van der Waals surface area (Å²) in [5.74, 6) is 1.56. The second kappa shape index (κ2) is 7.97. The fraction of sp³-hybridized carbons (Fsp3) is 0.250. The zero-order chi connectivity index (χ0) is 24.2. The molecule has 1 saturated carbocycles. The van der Waals surface area contributed by atoms with Crippen molar-refractivity contribution in [1.29, 1.82) is 0 Å². The van der Waals surface area contributed by atoms with Crippen LogP contribution >= 0.6 is 0 Å². The molecule has 1 aliphatic rings. The van der Waals surface area contributed by atoms with Crippen LogP contribution in [0.25, 0.3) is 22.2 Å². The SMILES string of the molecule is Cn1c(Nc2nc(NC3CC3)c3ncn(Cc4ccc(C(F)(F)F)cc4)c3n2)nc2ccccc21. The van der Waals surface area contributed by atoms with E-state index < -0.39 is 11.7 Å². The van der Waals surface area contributed by atoms with Gasteiger partial charge in [0.2, 0.25) is 11.9 Å². The summed E-state index contributed by atoms with van der Waals surface area (Å²) in [6, 6.07) is 13.3. The quantitative estimate of drug-likeness (QED) is 0.353. The molecular weight excluding hydrogens is 457 g/mol. The maximum absolute atomic E-state index is 12.9. The highest BCUT2D eigenvalue weighted by Gasteiger charge is 2.30. The van der Waals surface area contributed by atoms with E-state index in [1.165, 1.54) is 12.1 Å². The van der Waals surface area contributed by atoms with Crippen LogP contribution < -0.4 is 10.6 Å². The average molecular weight is 478 g/mol. The average Bonchev–Trinajstić information content (AvgIpc) is 3.48. The van der Waals surface area contributed by atoms with Crippen LogP contribution in [-0.4, -0.2) is 35.1 Å². The number of para-hydroxylation sites is 2. The van der Waals surface area contributed by atoms with E-state index in [4.69, 9.17) is 0 Å². The number of hydrogen-bond donors (Lipinski definition) is 2. The predicted octanol–water partition coefficient (Wildman–Crippen LogP) is 5.10. The van der Waals surface area contributed by atoms with Crippen LogP contribution in [0.2, 0.25) is 0 Å². The van der Waals surface area contributed by atoms with Crippen LogP contribution in [0.5, 0.6) is 0 Å². The van der Waals surface area contributed by atoms with Gasteiger partial charge in [-0.05, 0) is 42.7 Å². The van der Waals surface area contributed by atoms with E-state index in [-0.39, 0.29) is 0 Å². The molecule has 8 nitrogen and oxygen atoms in total. The van der Waals surface area contributed by atoms with Crippen molar-refractivity contribution in [2.45, 2.75) is 31.6 Å². The summed E-state index contributed by atoms with van der Waals surface area (Å²) >= 11 is 0. The van der Waals surface area contributed by atoms with E-state index in [0.717, 1.165) is 36.0 Å². The summed E-state index contributed by atoms with van der Waals surface area (Å²) < 4.78 is 42.5. The van der Waals surface area contributed by atoms with Crippen LogP contribution in [0.1, 0.15) is 24.0 Å². The first-order chi connectivity index (χ1) is 16.8.